The molecule has 2 aromatic heterocycles. The number of aryl methyl sites for hydroxylation is 2. The Morgan fingerprint density at radius 3 is 2.93 bits per heavy atom. The zero-order valence-corrected chi connectivity index (χ0v) is 8.91. The minimum atomic E-state index is 0.773. The van der Waals surface area contributed by atoms with Crippen LogP contribution < -0.4 is 5.32 Å². The first-order chi connectivity index (χ1) is 7.27. The third kappa shape index (κ3) is 2.15. The largest absolute Gasteiger partial charge is 0.379 e. The van der Waals surface area contributed by atoms with Gasteiger partial charge in [-0.05, 0) is 26.0 Å². The quantitative estimate of drug-likeness (QED) is 0.800. The van der Waals surface area contributed by atoms with Crippen molar-refractivity contribution in [1.29, 1.82) is 0 Å². The maximum Gasteiger partial charge on any atom is 0.0603 e. The van der Waals surface area contributed by atoms with Crippen molar-refractivity contribution in [3.05, 3.63) is 41.5 Å². The van der Waals surface area contributed by atoms with E-state index in [1.54, 1.807) is 6.20 Å². The molecule has 0 unspecified atom stereocenters. The lowest BCUT2D eigenvalue weighted by atomic mass is 10.2. The van der Waals surface area contributed by atoms with Crippen molar-refractivity contribution in [3.63, 3.8) is 0 Å². The fourth-order valence-corrected chi connectivity index (χ4v) is 1.42. The molecule has 0 saturated heterocycles. The van der Waals surface area contributed by atoms with Crippen LogP contribution in [0.15, 0.2) is 24.5 Å². The molecule has 0 spiro atoms. The molecule has 0 atom stereocenters. The number of aromatic nitrogens is 3. The number of hydrogen-bond acceptors (Lipinski definition) is 3. The highest BCUT2D eigenvalue weighted by Crippen LogP contribution is 2.12. The van der Waals surface area contributed by atoms with E-state index in [9.17, 15) is 0 Å². The second kappa shape index (κ2) is 4.13. The predicted octanol–water partition coefficient (Wildman–Crippen LogP) is 2.03. The van der Waals surface area contributed by atoms with Crippen LogP contribution in [0.2, 0.25) is 0 Å². The molecule has 78 valence electrons. The van der Waals surface area contributed by atoms with E-state index in [1.165, 1.54) is 5.56 Å². The molecule has 4 nitrogen and oxygen atoms in total. The topological polar surface area (TPSA) is 53.6 Å². The van der Waals surface area contributed by atoms with E-state index in [0.29, 0.717) is 0 Å². The number of hydrogen-bond donors (Lipinski definition) is 2. The molecule has 15 heavy (non-hydrogen) atoms. The van der Waals surface area contributed by atoms with Gasteiger partial charge in [0.1, 0.15) is 0 Å². The number of H-pyrrole nitrogens is 1. The molecule has 0 aliphatic heterocycles. The van der Waals surface area contributed by atoms with E-state index < -0.39 is 0 Å². The first-order valence-electron chi connectivity index (χ1n) is 4.91. The van der Waals surface area contributed by atoms with E-state index in [0.717, 1.165) is 23.6 Å². The van der Waals surface area contributed by atoms with Gasteiger partial charge in [-0.2, -0.15) is 5.10 Å². The lowest BCUT2D eigenvalue weighted by molar-refractivity contribution is 1.04. The second-order valence-electron chi connectivity index (χ2n) is 3.51. The Balaban J connectivity index is 2.06. The summed E-state index contributed by atoms with van der Waals surface area (Å²) >= 11 is 0. The summed E-state index contributed by atoms with van der Waals surface area (Å²) < 4.78 is 0. The van der Waals surface area contributed by atoms with Crippen LogP contribution in [0.4, 0.5) is 5.69 Å². The number of anilines is 1. The summed E-state index contributed by atoms with van der Waals surface area (Å²) in [6.45, 7) is 4.78. The zero-order valence-electron chi connectivity index (χ0n) is 8.91. The van der Waals surface area contributed by atoms with Gasteiger partial charge in [-0.25, -0.2) is 0 Å². The molecule has 0 aliphatic rings. The van der Waals surface area contributed by atoms with Gasteiger partial charge in [0.25, 0.3) is 0 Å². The van der Waals surface area contributed by atoms with Gasteiger partial charge in [0.15, 0.2) is 0 Å². The van der Waals surface area contributed by atoms with Crippen molar-refractivity contribution in [1.82, 2.24) is 15.2 Å². The Bertz CT molecular complexity index is 447. The van der Waals surface area contributed by atoms with Gasteiger partial charge in [-0.15, -0.1) is 0 Å². The van der Waals surface area contributed by atoms with Crippen LogP contribution in [0.25, 0.3) is 0 Å². The zero-order chi connectivity index (χ0) is 10.7. The van der Waals surface area contributed by atoms with Gasteiger partial charge in [0, 0.05) is 24.0 Å². The van der Waals surface area contributed by atoms with Crippen LogP contribution in [0.3, 0.4) is 0 Å². The molecule has 0 aliphatic carbocycles. The van der Waals surface area contributed by atoms with Crippen molar-refractivity contribution in [2.45, 2.75) is 20.4 Å². The molecule has 0 radical (unpaired) electrons. The summed E-state index contributed by atoms with van der Waals surface area (Å²) in [5, 5.41) is 10.2. The summed E-state index contributed by atoms with van der Waals surface area (Å²) in [5.74, 6) is 0. The Hall–Kier alpha value is -1.84. The highest BCUT2D eigenvalue weighted by molar-refractivity contribution is 5.47. The predicted molar refractivity (Wildman–Crippen MR) is 59.6 cm³/mol. The number of aromatic amines is 1. The van der Waals surface area contributed by atoms with Crippen molar-refractivity contribution in [2.75, 3.05) is 5.32 Å². The van der Waals surface area contributed by atoms with E-state index in [-0.39, 0.29) is 0 Å². The van der Waals surface area contributed by atoms with Crippen molar-refractivity contribution < 1.29 is 0 Å². The number of nitrogens with one attached hydrogen (secondary N) is 2. The number of nitrogens with zero attached hydrogens (tertiary/aromatic N) is 2. The van der Waals surface area contributed by atoms with Crippen LogP contribution in [-0.2, 0) is 6.54 Å². The number of rotatable bonds is 3. The highest BCUT2D eigenvalue weighted by atomic mass is 15.1. The summed E-state index contributed by atoms with van der Waals surface area (Å²) in [6.07, 6.45) is 3.64. The van der Waals surface area contributed by atoms with Gasteiger partial charge < -0.3 is 5.32 Å². The number of pyridine rings is 1. The summed E-state index contributed by atoms with van der Waals surface area (Å²) in [6, 6.07) is 3.95. The minimum absolute atomic E-state index is 0.773. The first-order valence-corrected chi connectivity index (χ1v) is 4.91. The van der Waals surface area contributed by atoms with Crippen LogP contribution in [-0.4, -0.2) is 15.2 Å². The third-order valence-electron chi connectivity index (χ3n) is 2.41. The Morgan fingerprint density at radius 2 is 2.27 bits per heavy atom. The van der Waals surface area contributed by atoms with Crippen molar-refractivity contribution in [2.24, 2.45) is 0 Å². The SMILES string of the molecule is Cc1ncccc1NCc1cn[nH]c1C. The van der Waals surface area contributed by atoms with E-state index in [1.807, 2.05) is 32.2 Å². The molecule has 0 fully saturated rings. The molecular formula is C11H14N4. The molecule has 2 aromatic rings. The lowest BCUT2D eigenvalue weighted by Crippen LogP contribution is -2.02. The van der Waals surface area contributed by atoms with Gasteiger partial charge >= 0.3 is 0 Å². The lowest BCUT2D eigenvalue weighted by Gasteiger charge is -2.07. The average molecular weight is 202 g/mol. The molecule has 4 heteroatoms. The Morgan fingerprint density at radius 1 is 1.40 bits per heavy atom. The van der Waals surface area contributed by atoms with Crippen LogP contribution >= 0.6 is 0 Å². The minimum Gasteiger partial charge on any atom is -0.379 e. The van der Waals surface area contributed by atoms with Gasteiger partial charge in [-0.3, -0.25) is 10.1 Å². The molecule has 2 N–H and O–H groups in total. The third-order valence-corrected chi connectivity index (χ3v) is 2.41. The van der Waals surface area contributed by atoms with Crippen molar-refractivity contribution in [3.8, 4) is 0 Å². The van der Waals surface area contributed by atoms with Crippen LogP contribution in [0.1, 0.15) is 17.0 Å². The molecule has 0 saturated carbocycles. The normalized spacial score (nSPS) is 10.3. The monoisotopic (exact) mass is 202 g/mol. The van der Waals surface area contributed by atoms with E-state index in [2.05, 4.69) is 20.5 Å². The van der Waals surface area contributed by atoms with Crippen molar-refractivity contribution >= 4 is 5.69 Å². The summed E-state index contributed by atoms with van der Waals surface area (Å²) in [4.78, 5) is 4.22. The van der Waals surface area contributed by atoms with Crippen LogP contribution in [0.5, 0.6) is 0 Å². The van der Waals surface area contributed by atoms with Gasteiger partial charge in [-0.1, -0.05) is 0 Å². The maximum atomic E-state index is 4.22. The molecule has 0 aromatic carbocycles. The Kier molecular flexibility index (Phi) is 2.67. The van der Waals surface area contributed by atoms with Gasteiger partial charge in [0.2, 0.25) is 0 Å². The van der Waals surface area contributed by atoms with E-state index >= 15 is 0 Å². The molecule has 2 rings (SSSR count). The molecular weight excluding hydrogens is 188 g/mol. The molecule has 0 amide bonds. The fourth-order valence-electron chi connectivity index (χ4n) is 1.42. The summed E-state index contributed by atoms with van der Waals surface area (Å²) in [7, 11) is 0. The standard InChI is InChI=1S/C11H14N4/c1-8-10(7-14-15-8)6-13-11-4-3-5-12-9(11)2/h3-5,7,13H,6H2,1-2H3,(H,14,15). The van der Waals surface area contributed by atoms with Crippen LogP contribution in [0, 0.1) is 13.8 Å². The smallest absolute Gasteiger partial charge is 0.0603 e. The maximum absolute atomic E-state index is 4.22. The Labute approximate surface area is 88.8 Å². The molecule has 0 bridgehead atoms. The summed E-state index contributed by atoms with van der Waals surface area (Å²) in [5.41, 5.74) is 4.36. The van der Waals surface area contributed by atoms with Gasteiger partial charge in [0.05, 0.1) is 17.6 Å². The second-order valence-corrected chi connectivity index (χ2v) is 3.51. The van der Waals surface area contributed by atoms with E-state index in [4.69, 9.17) is 0 Å². The average Bonchev–Trinajstić information content (AvgIpc) is 2.63. The highest BCUT2D eigenvalue weighted by Gasteiger charge is 2.01. The fraction of sp³-hybridized carbons (Fsp3) is 0.273. The molecule has 2 heterocycles. The first kappa shape index (κ1) is 9.71.